The number of anilines is 1. The lowest BCUT2D eigenvalue weighted by molar-refractivity contribution is 0.208. The molecule has 1 atom stereocenters. The summed E-state index contributed by atoms with van der Waals surface area (Å²) < 4.78 is 0. The fraction of sp³-hybridized carbons (Fsp3) is 0.667. The van der Waals surface area contributed by atoms with Gasteiger partial charge < -0.3 is 10.4 Å². The molecule has 112 valence electrons. The summed E-state index contributed by atoms with van der Waals surface area (Å²) in [6.45, 7) is 5.09. The number of nitrogens with zero attached hydrogens (tertiary/aromatic N) is 2. The lowest BCUT2D eigenvalue weighted by Gasteiger charge is -2.24. The molecule has 0 aromatic carbocycles. The Hall–Kier alpha value is -0.840. The Balaban J connectivity index is 2.02. The molecule has 1 saturated heterocycles. The van der Waals surface area contributed by atoms with E-state index < -0.39 is 0 Å². The molecular formula is C15H24ClN3O. The van der Waals surface area contributed by atoms with E-state index in [2.05, 4.69) is 22.1 Å². The maximum Gasteiger partial charge on any atom is 0.126 e. The molecule has 0 amide bonds. The van der Waals surface area contributed by atoms with E-state index in [1.165, 1.54) is 12.8 Å². The van der Waals surface area contributed by atoms with Gasteiger partial charge in [0.25, 0.3) is 0 Å². The normalized spacial score (nSPS) is 19.4. The zero-order valence-electron chi connectivity index (χ0n) is 12.1. The van der Waals surface area contributed by atoms with Crippen molar-refractivity contribution in [2.45, 2.75) is 45.2 Å². The maximum atomic E-state index is 8.98. The summed E-state index contributed by atoms with van der Waals surface area (Å²) >= 11 is 6.27. The van der Waals surface area contributed by atoms with E-state index in [0.29, 0.717) is 6.04 Å². The van der Waals surface area contributed by atoms with E-state index in [0.717, 1.165) is 49.0 Å². The minimum absolute atomic E-state index is 0.277. The highest BCUT2D eigenvalue weighted by molar-refractivity contribution is 6.31. The number of pyridine rings is 1. The van der Waals surface area contributed by atoms with Gasteiger partial charge >= 0.3 is 0 Å². The number of aliphatic hydroxyl groups is 1. The Morgan fingerprint density at radius 2 is 2.35 bits per heavy atom. The van der Waals surface area contributed by atoms with Crippen LogP contribution in [0.25, 0.3) is 0 Å². The van der Waals surface area contributed by atoms with Gasteiger partial charge in [0, 0.05) is 25.7 Å². The third-order valence-electron chi connectivity index (χ3n) is 3.82. The van der Waals surface area contributed by atoms with Gasteiger partial charge in [-0.2, -0.15) is 0 Å². The van der Waals surface area contributed by atoms with Gasteiger partial charge in [0.2, 0.25) is 0 Å². The minimum atomic E-state index is 0.277. The van der Waals surface area contributed by atoms with Gasteiger partial charge in [-0.15, -0.1) is 0 Å². The summed E-state index contributed by atoms with van der Waals surface area (Å²) in [6.07, 6.45) is 4.37. The topological polar surface area (TPSA) is 48.4 Å². The Labute approximate surface area is 126 Å². The van der Waals surface area contributed by atoms with Crippen LogP contribution in [0.3, 0.4) is 0 Å². The highest BCUT2D eigenvalue weighted by Gasteiger charge is 2.25. The average molecular weight is 298 g/mol. The second-order valence-electron chi connectivity index (χ2n) is 5.29. The van der Waals surface area contributed by atoms with Crippen molar-refractivity contribution in [2.24, 2.45) is 0 Å². The Kier molecular flexibility index (Phi) is 6.07. The van der Waals surface area contributed by atoms with Gasteiger partial charge in [-0.05, 0) is 51.3 Å². The molecule has 0 saturated carbocycles. The molecule has 1 aliphatic rings. The van der Waals surface area contributed by atoms with Crippen molar-refractivity contribution in [3.63, 3.8) is 0 Å². The number of aromatic nitrogens is 1. The first-order valence-corrected chi connectivity index (χ1v) is 7.86. The van der Waals surface area contributed by atoms with E-state index in [9.17, 15) is 0 Å². The fourth-order valence-corrected chi connectivity index (χ4v) is 2.99. The van der Waals surface area contributed by atoms with Gasteiger partial charge in [-0.25, -0.2) is 4.98 Å². The van der Waals surface area contributed by atoms with Crippen molar-refractivity contribution in [3.05, 3.63) is 22.8 Å². The van der Waals surface area contributed by atoms with E-state index in [-0.39, 0.29) is 6.61 Å². The zero-order chi connectivity index (χ0) is 14.4. The molecule has 0 aliphatic carbocycles. The molecule has 2 rings (SSSR count). The fourth-order valence-electron chi connectivity index (χ4n) is 2.82. The van der Waals surface area contributed by atoms with Crippen molar-refractivity contribution >= 4 is 17.4 Å². The van der Waals surface area contributed by atoms with Gasteiger partial charge in [0.15, 0.2) is 0 Å². The summed E-state index contributed by atoms with van der Waals surface area (Å²) in [6, 6.07) is 4.39. The highest BCUT2D eigenvalue weighted by Crippen LogP contribution is 2.26. The van der Waals surface area contributed by atoms with Gasteiger partial charge in [0.1, 0.15) is 5.82 Å². The molecule has 0 spiro atoms. The van der Waals surface area contributed by atoms with Crippen molar-refractivity contribution < 1.29 is 5.11 Å². The van der Waals surface area contributed by atoms with Crippen LogP contribution in [-0.4, -0.2) is 40.7 Å². The average Bonchev–Trinajstić information content (AvgIpc) is 2.88. The van der Waals surface area contributed by atoms with Crippen molar-refractivity contribution in [2.75, 3.05) is 25.0 Å². The Morgan fingerprint density at radius 3 is 3.10 bits per heavy atom. The molecule has 20 heavy (non-hydrogen) atoms. The number of halogens is 1. The molecule has 1 aliphatic heterocycles. The quantitative estimate of drug-likeness (QED) is 0.812. The minimum Gasteiger partial charge on any atom is -0.396 e. The summed E-state index contributed by atoms with van der Waals surface area (Å²) in [7, 11) is 0. The van der Waals surface area contributed by atoms with Gasteiger partial charge in [0.05, 0.1) is 10.7 Å². The Morgan fingerprint density at radius 1 is 1.50 bits per heavy atom. The third-order valence-corrected chi connectivity index (χ3v) is 4.17. The lowest BCUT2D eigenvalue weighted by Crippen LogP contribution is -2.29. The molecule has 2 heterocycles. The van der Waals surface area contributed by atoms with E-state index >= 15 is 0 Å². The molecule has 0 radical (unpaired) electrons. The maximum absolute atomic E-state index is 8.98. The second-order valence-corrected chi connectivity index (χ2v) is 5.69. The molecule has 1 fully saturated rings. The van der Waals surface area contributed by atoms with Crippen LogP contribution in [0.4, 0.5) is 5.82 Å². The molecule has 0 bridgehead atoms. The van der Waals surface area contributed by atoms with Crippen LogP contribution in [-0.2, 0) is 6.54 Å². The molecule has 2 N–H and O–H groups in total. The molecule has 4 nitrogen and oxygen atoms in total. The highest BCUT2D eigenvalue weighted by atomic mass is 35.5. The van der Waals surface area contributed by atoms with Crippen LogP contribution in [0.5, 0.6) is 0 Å². The van der Waals surface area contributed by atoms with Crippen LogP contribution in [0.1, 0.15) is 38.3 Å². The smallest absolute Gasteiger partial charge is 0.126 e. The molecular weight excluding hydrogens is 274 g/mol. The first-order chi connectivity index (χ1) is 9.74. The van der Waals surface area contributed by atoms with Gasteiger partial charge in [-0.3, -0.25) is 4.90 Å². The lowest BCUT2D eigenvalue weighted by atomic mass is 10.1. The predicted molar refractivity (Wildman–Crippen MR) is 83.2 cm³/mol. The van der Waals surface area contributed by atoms with Crippen LogP contribution in [0, 0.1) is 0 Å². The molecule has 1 unspecified atom stereocenters. The van der Waals surface area contributed by atoms with Crippen LogP contribution >= 0.6 is 11.6 Å². The molecule has 1 aromatic heterocycles. The number of hydrogen-bond donors (Lipinski definition) is 2. The van der Waals surface area contributed by atoms with E-state index in [1.54, 1.807) is 0 Å². The predicted octanol–water partition coefficient (Wildman–Crippen LogP) is 2.90. The first kappa shape index (κ1) is 15.5. The van der Waals surface area contributed by atoms with E-state index in [4.69, 9.17) is 16.7 Å². The van der Waals surface area contributed by atoms with Crippen molar-refractivity contribution in [1.29, 1.82) is 0 Å². The number of likely N-dealkylation sites (tertiary alicyclic amines) is 1. The van der Waals surface area contributed by atoms with Crippen molar-refractivity contribution in [3.8, 4) is 0 Å². The summed E-state index contributed by atoms with van der Waals surface area (Å²) in [5.74, 6) is 0.887. The monoisotopic (exact) mass is 297 g/mol. The van der Waals surface area contributed by atoms with Crippen LogP contribution in [0.2, 0.25) is 5.02 Å². The Bertz CT molecular complexity index is 428. The zero-order valence-corrected chi connectivity index (χ0v) is 12.9. The number of aliphatic hydroxyl groups excluding tert-OH is 1. The van der Waals surface area contributed by atoms with E-state index in [1.807, 2.05) is 12.1 Å². The SMILES string of the molecule is CCNc1ccc(Cl)c(CN2CCCC2CCCO)n1. The first-order valence-electron chi connectivity index (χ1n) is 7.48. The van der Waals surface area contributed by atoms with Crippen LogP contribution in [0.15, 0.2) is 12.1 Å². The van der Waals surface area contributed by atoms with Gasteiger partial charge in [-0.1, -0.05) is 11.6 Å². The van der Waals surface area contributed by atoms with Crippen LogP contribution < -0.4 is 5.32 Å². The molecule has 1 aromatic rings. The standard InChI is InChI=1S/C15H24ClN3O/c1-2-17-15-8-7-13(16)14(18-15)11-19-9-3-5-12(19)6-4-10-20/h7-8,12,20H,2-6,9-11H2,1H3,(H,17,18). The number of rotatable bonds is 7. The summed E-state index contributed by atoms with van der Waals surface area (Å²) in [5, 5.41) is 12.9. The summed E-state index contributed by atoms with van der Waals surface area (Å²) in [5.41, 5.74) is 0.945. The largest absolute Gasteiger partial charge is 0.396 e. The second kappa shape index (κ2) is 7.81. The summed E-state index contributed by atoms with van der Waals surface area (Å²) in [4.78, 5) is 7.05. The number of hydrogen-bond acceptors (Lipinski definition) is 4. The molecule has 5 heteroatoms. The third kappa shape index (κ3) is 4.08. The number of nitrogens with one attached hydrogen (secondary N) is 1. The van der Waals surface area contributed by atoms with Crippen molar-refractivity contribution in [1.82, 2.24) is 9.88 Å².